The predicted octanol–water partition coefficient (Wildman–Crippen LogP) is 0.842. The molecule has 0 saturated carbocycles. The Bertz CT molecular complexity index is 467. The molecular weight excluding hydrogens is 249 g/mol. The second-order valence-corrected chi connectivity index (χ2v) is 6.80. The Kier molecular flexibility index (Phi) is 2.05. The number of fused-ring (bicyclic) bond motifs is 2. The molecule has 0 saturated heterocycles. The van der Waals surface area contributed by atoms with Crippen LogP contribution in [0.2, 0.25) is 0 Å². The van der Waals surface area contributed by atoms with Crippen LogP contribution in [-0.4, -0.2) is 19.1 Å². The molecule has 0 aromatic heterocycles. The van der Waals surface area contributed by atoms with E-state index in [0.717, 1.165) is 20.1 Å². The first-order valence-electron chi connectivity index (χ1n) is 4.80. The van der Waals surface area contributed by atoms with E-state index in [-0.39, 0.29) is 0 Å². The molecular formula is C12H10AsNO. The summed E-state index contributed by atoms with van der Waals surface area (Å²) in [5.41, 5.74) is 2.11. The number of anilines is 2. The molecule has 0 amide bonds. The number of rotatable bonds is 0. The molecule has 3 rings (SSSR count). The Labute approximate surface area is 93.2 Å². The molecule has 2 aromatic rings. The van der Waals surface area contributed by atoms with E-state index in [0.29, 0.717) is 0 Å². The van der Waals surface area contributed by atoms with Gasteiger partial charge in [0.05, 0.1) is 0 Å². The number of hydrogen-bond acceptors (Lipinski definition) is 2. The Morgan fingerprint density at radius 2 is 1.27 bits per heavy atom. The van der Waals surface area contributed by atoms with Crippen molar-refractivity contribution in [1.29, 1.82) is 0 Å². The van der Waals surface area contributed by atoms with Crippen LogP contribution >= 0.6 is 0 Å². The van der Waals surface area contributed by atoms with Gasteiger partial charge in [0.2, 0.25) is 0 Å². The van der Waals surface area contributed by atoms with Gasteiger partial charge in [-0.3, -0.25) is 0 Å². The third kappa shape index (κ3) is 1.38. The summed E-state index contributed by atoms with van der Waals surface area (Å²) in [5.74, 6) is 0. The molecule has 0 atom stereocenters. The summed E-state index contributed by atoms with van der Waals surface area (Å²) in [6.07, 6.45) is 0. The second kappa shape index (κ2) is 3.41. The molecule has 2 nitrogen and oxygen atoms in total. The van der Waals surface area contributed by atoms with Crippen LogP contribution in [0.25, 0.3) is 0 Å². The molecule has 2 aromatic carbocycles. The van der Waals surface area contributed by atoms with Crippen molar-refractivity contribution >= 4 is 35.1 Å². The van der Waals surface area contributed by atoms with Crippen LogP contribution in [0, 0.1) is 0 Å². The predicted molar refractivity (Wildman–Crippen MR) is 63.4 cm³/mol. The van der Waals surface area contributed by atoms with E-state index in [9.17, 15) is 4.10 Å². The van der Waals surface area contributed by atoms with Gasteiger partial charge in [0.15, 0.2) is 0 Å². The van der Waals surface area contributed by atoms with Crippen LogP contribution in [0.3, 0.4) is 0 Å². The topological polar surface area (TPSA) is 32.3 Å². The third-order valence-corrected chi connectivity index (χ3v) is 6.09. The van der Waals surface area contributed by atoms with Gasteiger partial charge in [-0.1, -0.05) is 0 Å². The molecule has 74 valence electrons. The van der Waals surface area contributed by atoms with E-state index in [1.807, 2.05) is 48.5 Å². The molecule has 2 N–H and O–H groups in total. The summed E-state index contributed by atoms with van der Waals surface area (Å²) in [6, 6.07) is 16.0. The van der Waals surface area contributed by atoms with E-state index < -0.39 is 15.0 Å². The molecule has 0 unspecified atom stereocenters. The first-order valence-corrected chi connectivity index (χ1v) is 7.52. The molecule has 0 aliphatic carbocycles. The number of benzene rings is 2. The molecule has 0 bridgehead atoms. The van der Waals surface area contributed by atoms with Crippen molar-refractivity contribution in [3.8, 4) is 0 Å². The fourth-order valence-corrected chi connectivity index (χ4v) is 4.81. The molecule has 3 heteroatoms. The van der Waals surface area contributed by atoms with Crippen LogP contribution in [0.5, 0.6) is 0 Å². The second-order valence-electron chi connectivity index (χ2n) is 3.47. The zero-order chi connectivity index (χ0) is 10.3. The molecule has 1 heterocycles. The quantitative estimate of drug-likeness (QED) is 0.687. The van der Waals surface area contributed by atoms with Crippen molar-refractivity contribution in [2.75, 3.05) is 5.32 Å². The normalized spacial score (nSPS) is 13.9. The number of hydrogen-bond donors (Lipinski definition) is 2. The first-order chi connectivity index (χ1) is 7.36. The van der Waals surface area contributed by atoms with Gasteiger partial charge in [0.1, 0.15) is 0 Å². The van der Waals surface area contributed by atoms with Gasteiger partial charge in [-0.15, -0.1) is 0 Å². The summed E-state index contributed by atoms with van der Waals surface area (Å²) < 4.78 is 12.5. The molecule has 0 radical (unpaired) electrons. The third-order valence-electron chi connectivity index (χ3n) is 2.53. The van der Waals surface area contributed by atoms with E-state index in [4.69, 9.17) is 0 Å². The minimum absolute atomic E-state index is 1.05. The van der Waals surface area contributed by atoms with E-state index >= 15 is 0 Å². The molecule has 1 aliphatic rings. The van der Waals surface area contributed by atoms with E-state index in [1.165, 1.54) is 0 Å². The summed E-state index contributed by atoms with van der Waals surface area (Å²) in [5, 5.41) is 3.35. The van der Waals surface area contributed by atoms with Crippen molar-refractivity contribution in [2.45, 2.75) is 0 Å². The SMILES string of the molecule is O[As]1c2ccccc2Nc2ccccc21. The van der Waals surface area contributed by atoms with Crippen LogP contribution in [0.4, 0.5) is 11.4 Å². The zero-order valence-electron chi connectivity index (χ0n) is 8.01. The van der Waals surface area contributed by atoms with Gasteiger partial charge in [0, 0.05) is 0 Å². The van der Waals surface area contributed by atoms with Crippen LogP contribution in [0.1, 0.15) is 0 Å². The summed E-state index contributed by atoms with van der Waals surface area (Å²) in [6.45, 7) is 0. The summed E-state index contributed by atoms with van der Waals surface area (Å²) in [4.78, 5) is 0. The van der Waals surface area contributed by atoms with Crippen molar-refractivity contribution in [3.63, 3.8) is 0 Å². The van der Waals surface area contributed by atoms with Gasteiger partial charge in [-0.05, 0) is 0 Å². The fraction of sp³-hybridized carbons (Fsp3) is 0. The van der Waals surface area contributed by atoms with Gasteiger partial charge in [-0.25, -0.2) is 0 Å². The van der Waals surface area contributed by atoms with Crippen LogP contribution < -0.4 is 14.0 Å². The number of para-hydroxylation sites is 2. The van der Waals surface area contributed by atoms with Crippen molar-refractivity contribution in [1.82, 2.24) is 0 Å². The maximum absolute atomic E-state index is 10.3. The summed E-state index contributed by atoms with van der Waals surface area (Å²) >= 11 is -2.02. The van der Waals surface area contributed by atoms with Gasteiger partial charge in [-0.2, -0.15) is 0 Å². The Hall–Kier alpha value is -1.24. The molecule has 0 fully saturated rings. The van der Waals surface area contributed by atoms with Gasteiger partial charge >= 0.3 is 93.0 Å². The Morgan fingerprint density at radius 1 is 0.800 bits per heavy atom. The standard InChI is InChI=1S/C12H10AsNO/c15-13-9-5-1-3-7-11(9)14-12-8-4-2-6-10(12)13/h1-8,14-15H. The fourth-order valence-electron chi connectivity index (χ4n) is 1.80. The van der Waals surface area contributed by atoms with E-state index in [2.05, 4.69) is 5.32 Å². The van der Waals surface area contributed by atoms with Crippen LogP contribution in [-0.2, 0) is 0 Å². The van der Waals surface area contributed by atoms with Crippen molar-refractivity contribution < 1.29 is 4.10 Å². The first kappa shape index (κ1) is 9.02. The molecule has 1 aliphatic heterocycles. The minimum atomic E-state index is -2.02. The molecule has 0 spiro atoms. The van der Waals surface area contributed by atoms with Gasteiger partial charge in [0.25, 0.3) is 0 Å². The number of nitrogens with one attached hydrogen (secondary N) is 1. The summed E-state index contributed by atoms with van der Waals surface area (Å²) in [7, 11) is 0. The average molecular weight is 259 g/mol. The maximum atomic E-state index is 10.3. The Balaban J connectivity index is 2.20. The van der Waals surface area contributed by atoms with Crippen LogP contribution in [0.15, 0.2) is 48.5 Å². The van der Waals surface area contributed by atoms with Crippen molar-refractivity contribution in [3.05, 3.63) is 48.5 Å². The molecule has 15 heavy (non-hydrogen) atoms. The Morgan fingerprint density at radius 3 is 1.80 bits per heavy atom. The average Bonchev–Trinajstić information content (AvgIpc) is 2.30. The zero-order valence-corrected chi connectivity index (χ0v) is 9.89. The monoisotopic (exact) mass is 259 g/mol. The van der Waals surface area contributed by atoms with Gasteiger partial charge < -0.3 is 0 Å². The van der Waals surface area contributed by atoms with Crippen molar-refractivity contribution in [2.24, 2.45) is 0 Å². The van der Waals surface area contributed by atoms with E-state index in [1.54, 1.807) is 0 Å².